The molecule has 1 fully saturated rings. The number of rotatable bonds is 7. The summed E-state index contributed by atoms with van der Waals surface area (Å²) in [5, 5.41) is 3.29. The lowest BCUT2D eigenvalue weighted by Crippen LogP contribution is -2.33. The van der Waals surface area contributed by atoms with E-state index in [-0.39, 0.29) is 6.04 Å². The average Bonchev–Trinajstić information content (AvgIpc) is 2.84. The lowest BCUT2D eigenvalue weighted by molar-refractivity contribution is 0.538. The Morgan fingerprint density at radius 1 is 1.29 bits per heavy atom. The summed E-state index contributed by atoms with van der Waals surface area (Å²) in [6.07, 6.45) is 4.06. The van der Waals surface area contributed by atoms with Gasteiger partial charge in [-0.1, -0.05) is 26.0 Å². The van der Waals surface area contributed by atoms with Gasteiger partial charge in [0, 0.05) is 12.6 Å². The monoisotopic (exact) mass is 310 g/mol. The van der Waals surface area contributed by atoms with Crippen molar-refractivity contribution in [2.75, 3.05) is 6.54 Å². The van der Waals surface area contributed by atoms with Gasteiger partial charge in [0.15, 0.2) is 0 Å². The van der Waals surface area contributed by atoms with Gasteiger partial charge in [0.2, 0.25) is 10.0 Å². The van der Waals surface area contributed by atoms with Gasteiger partial charge in [0.1, 0.15) is 0 Å². The largest absolute Gasteiger partial charge is 0.313 e. The zero-order valence-electron chi connectivity index (χ0n) is 12.9. The van der Waals surface area contributed by atoms with Crippen LogP contribution in [0.5, 0.6) is 0 Å². The molecular weight excluding hydrogens is 284 g/mol. The molecule has 0 bridgehead atoms. The molecule has 2 atom stereocenters. The highest BCUT2D eigenvalue weighted by Gasteiger charge is 2.26. The van der Waals surface area contributed by atoms with E-state index in [0.29, 0.717) is 17.4 Å². The summed E-state index contributed by atoms with van der Waals surface area (Å²) in [6.45, 7) is 5.93. The van der Waals surface area contributed by atoms with E-state index in [0.717, 1.165) is 37.8 Å². The topological polar surface area (TPSA) is 58.2 Å². The number of sulfonamides is 1. The van der Waals surface area contributed by atoms with Crippen molar-refractivity contribution in [1.82, 2.24) is 10.0 Å². The molecule has 4 nitrogen and oxygen atoms in total. The lowest BCUT2D eigenvalue weighted by Gasteiger charge is -2.14. The molecule has 1 saturated carbocycles. The zero-order valence-corrected chi connectivity index (χ0v) is 13.7. The van der Waals surface area contributed by atoms with Crippen LogP contribution >= 0.6 is 0 Å². The van der Waals surface area contributed by atoms with E-state index in [1.54, 1.807) is 12.1 Å². The van der Waals surface area contributed by atoms with Gasteiger partial charge in [-0.3, -0.25) is 0 Å². The molecule has 2 N–H and O–H groups in total. The minimum absolute atomic E-state index is 0.0897. The van der Waals surface area contributed by atoms with Gasteiger partial charge in [-0.25, -0.2) is 13.1 Å². The van der Waals surface area contributed by atoms with Crippen molar-refractivity contribution >= 4 is 10.0 Å². The predicted octanol–water partition coefficient (Wildman–Crippen LogP) is 2.65. The Bertz CT molecular complexity index is 557. The first-order chi connectivity index (χ1) is 10.0. The predicted molar refractivity (Wildman–Crippen MR) is 85.6 cm³/mol. The summed E-state index contributed by atoms with van der Waals surface area (Å²) in [6, 6.07) is 7.30. The molecule has 1 aliphatic rings. The highest BCUT2D eigenvalue weighted by molar-refractivity contribution is 7.89. The van der Waals surface area contributed by atoms with E-state index >= 15 is 0 Å². The van der Waals surface area contributed by atoms with E-state index in [1.165, 1.54) is 0 Å². The Kier molecular flexibility index (Phi) is 5.79. The van der Waals surface area contributed by atoms with Crippen LogP contribution in [0.15, 0.2) is 29.2 Å². The maximum absolute atomic E-state index is 12.4. The second-order valence-electron chi connectivity index (χ2n) is 6.06. The van der Waals surface area contributed by atoms with E-state index < -0.39 is 10.0 Å². The van der Waals surface area contributed by atoms with Gasteiger partial charge in [-0.15, -0.1) is 0 Å². The van der Waals surface area contributed by atoms with Crippen LogP contribution in [0.4, 0.5) is 0 Å². The molecule has 2 unspecified atom stereocenters. The maximum atomic E-state index is 12.4. The third kappa shape index (κ3) is 4.80. The normalized spacial score (nSPS) is 22.6. The number of hydrogen-bond donors (Lipinski definition) is 2. The Balaban J connectivity index is 2.03. The number of nitrogens with one attached hydrogen (secondary N) is 2. The highest BCUT2D eigenvalue weighted by atomic mass is 32.2. The summed E-state index contributed by atoms with van der Waals surface area (Å²) in [5.74, 6) is 0.613. The fourth-order valence-electron chi connectivity index (χ4n) is 2.83. The SMILES string of the molecule is CCCNCc1cccc(S(=O)(=O)NC2CCC(C)C2)c1. The molecule has 2 rings (SSSR count). The van der Waals surface area contributed by atoms with Crippen LogP contribution in [0.1, 0.15) is 45.1 Å². The Hall–Kier alpha value is -0.910. The molecule has 1 aromatic rings. The van der Waals surface area contributed by atoms with Crippen molar-refractivity contribution in [3.8, 4) is 0 Å². The van der Waals surface area contributed by atoms with Crippen molar-refractivity contribution < 1.29 is 8.42 Å². The molecule has 0 heterocycles. The van der Waals surface area contributed by atoms with E-state index in [1.807, 2.05) is 12.1 Å². The molecule has 118 valence electrons. The quantitative estimate of drug-likeness (QED) is 0.761. The molecule has 5 heteroatoms. The molecule has 21 heavy (non-hydrogen) atoms. The average molecular weight is 310 g/mol. The van der Waals surface area contributed by atoms with Crippen molar-refractivity contribution in [2.24, 2.45) is 5.92 Å². The van der Waals surface area contributed by atoms with Crippen LogP contribution < -0.4 is 10.0 Å². The molecular formula is C16H26N2O2S. The van der Waals surface area contributed by atoms with Crippen molar-refractivity contribution in [3.05, 3.63) is 29.8 Å². The first-order valence-electron chi connectivity index (χ1n) is 7.83. The first-order valence-corrected chi connectivity index (χ1v) is 9.31. The third-order valence-corrected chi connectivity index (χ3v) is 5.50. The van der Waals surface area contributed by atoms with Gasteiger partial charge < -0.3 is 5.32 Å². The van der Waals surface area contributed by atoms with Crippen LogP contribution in [0.2, 0.25) is 0 Å². The standard InChI is InChI=1S/C16H26N2O2S/c1-3-9-17-12-14-5-4-6-16(11-14)21(19,20)18-15-8-7-13(2)10-15/h4-6,11,13,15,17-18H,3,7-10,12H2,1-2H3. The molecule has 0 spiro atoms. The molecule has 0 aromatic heterocycles. The summed E-state index contributed by atoms with van der Waals surface area (Å²) in [4.78, 5) is 0.373. The molecule has 1 aromatic carbocycles. The summed E-state index contributed by atoms with van der Waals surface area (Å²) in [5.41, 5.74) is 1.01. The van der Waals surface area contributed by atoms with Crippen LogP contribution in [0, 0.1) is 5.92 Å². The van der Waals surface area contributed by atoms with Crippen molar-refractivity contribution in [1.29, 1.82) is 0 Å². The second-order valence-corrected chi connectivity index (χ2v) is 7.77. The van der Waals surface area contributed by atoms with Gasteiger partial charge >= 0.3 is 0 Å². The minimum atomic E-state index is -3.40. The van der Waals surface area contributed by atoms with Gasteiger partial charge in [-0.2, -0.15) is 0 Å². The Morgan fingerprint density at radius 2 is 2.10 bits per heavy atom. The van der Waals surface area contributed by atoms with E-state index in [4.69, 9.17) is 0 Å². The number of benzene rings is 1. The van der Waals surface area contributed by atoms with Crippen molar-refractivity contribution in [2.45, 2.75) is 57.0 Å². The fraction of sp³-hybridized carbons (Fsp3) is 0.625. The van der Waals surface area contributed by atoms with Crippen LogP contribution in [0.3, 0.4) is 0 Å². The summed E-state index contributed by atoms with van der Waals surface area (Å²) in [7, 11) is -3.40. The van der Waals surface area contributed by atoms with E-state index in [2.05, 4.69) is 23.9 Å². The third-order valence-electron chi connectivity index (χ3n) is 3.98. The molecule has 0 saturated heterocycles. The Labute approximate surface area is 128 Å². The van der Waals surface area contributed by atoms with Crippen LogP contribution in [0.25, 0.3) is 0 Å². The van der Waals surface area contributed by atoms with Gasteiger partial charge in [0.25, 0.3) is 0 Å². The van der Waals surface area contributed by atoms with Crippen molar-refractivity contribution in [3.63, 3.8) is 0 Å². The minimum Gasteiger partial charge on any atom is -0.313 e. The highest BCUT2D eigenvalue weighted by Crippen LogP contribution is 2.26. The second kappa shape index (κ2) is 7.38. The molecule has 0 aliphatic heterocycles. The zero-order chi connectivity index (χ0) is 15.3. The van der Waals surface area contributed by atoms with Gasteiger partial charge in [0.05, 0.1) is 4.90 Å². The lowest BCUT2D eigenvalue weighted by atomic mass is 10.1. The van der Waals surface area contributed by atoms with E-state index in [9.17, 15) is 8.42 Å². The summed E-state index contributed by atoms with van der Waals surface area (Å²) >= 11 is 0. The first kappa shape index (κ1) is 16.5. The Morgan fingerprint density at radius 3 is 2.76 bits per heavy atom. The smallest absolute Gasteiger partial charge is 0.240 e. The molecule has 0 radical (unpaired) electrons. The molecule has 1 aliphatic carbocycles. The summed E-state index contributed by atoms with van der Waals surface area (Å²) < 4.78 is 27.7. The number of hydrogen-bond acceptors (Lipinski definition) is 3. The fourth-order valence-corrected chi connectivity index (χ4v) is 4.19. The van der Waals surface area contributed by atoms with Gasteiger partial charge in [-0.05, 0) is 55.8 Å². The van der Waals surface area contributed by atoms with Crippen LogP contribution in [-0.2, 0) is 16.6 Å². The van der Waals surface area contributed by atoms with Crippen LogP contribution in [-0.4, -0.2) is 21.0 Å². The maximum Gasteiger partial charge on any atom is 0.240 e. The molecule has 0 amide bonds.